The number of phenols is 1. The van der Waals surface area contributed by atoms with Gasteiger partial charge in [0, 0.05) is 11.6 Å². The second-order valence-corrected chi connectivity index (χ2v) is 4.57. The standard InChI is InChI=1S/C11H14Cl2N2O2/c1-6(2-3-14)11(17)15-7-4-8(12)10(16)9(13)5-7/h4-6,16H,2-3,14H2,1H3,(H,15,17). The number of carbonyl (C=O) groups excluding carboxylic acids is 1. The highest BCUT2D eigenvalue weighted by atomic mass is 35.5. The van der Waals surface area contributed by atoms with Gasteiger partial charge in [0.2, 0.25) is 5.91 Å². The van der Waals surface area contributed by atoms with Crippen LogP contribution in [0.5, 0.6) is 5.75 Å². The largest absolute Gasteiger partial charge is 0.505 e. The van der Waals surface area contributed by atoms with Gasteiger partial charge in [0.1, 0.15) is 0 Å². The first-order valence-electron chi connectivity index (χ1n) is 5.14. The predicted molar refractivity (Wildman–Crippen MR) is 69.6 cm³/mol. The van der Waals surface area contributed by atoms with Crippen molar-refractivity contribution in [1.82, 2.24) is 0 Å². The summed E-state index contributed by atoms with van der Waals surface area (Å²) in [4.78, 5) is 11.7. The summed E-state index contributed by atoms with van der Waals surface area (Å²) in [7, 11) is 0. The molecule has 4 nitrogen and oxygen atoms in total. The van der Waals surface area contributed by atoms with E-state index in [1.807, 2.05) is 0 Å². The average molecular weight is 277 g/mol. The van der Waals surface area contributed by atoms with Crippen molar-refractivity contribution in [3.63, 3.8) is 0 Å². The van der Waals surface area contributed by atoms with Gasteiger partial charge >= 0.3 is 0 Å². The maximum absolute atomic E-state index is 11.7. The lowest BCUT2D eigenvalue weighted by molar-refractivity contribution is -0.119. The number of benzene rings is 1. The minimum Gasteiger partial charge on any atom is -0.505 e. The van der Waals surface area contributed by atoms with Gasteiger partial charge in [-0.15, -0.1) is 0 Å². The van der Waals surface area contributed by atoms with Crippen LogP contribution in [0, 0.1) is 5.92 Å². The second kappa shape index (κ2) is 6.10. The fourth-order valence-electron chi connectivity index (χ4n) is 1.28. The lowest BCUT2D eigenvalue weighted by atomic mass is 10.1. The molecule has 1 unspecified atom stereocenters. The van der Waals surface area contributed by atoms with Gasteiger partial charge in [-0.25, -0.2) is 0 Å². The zero-order chi connectivity index (χ0) is 13.0. The van der Waals surface area contributed by atoms with E-state index in [0.29, 0.717) is 18.7 Å². The Balaban J connectivity index is 2.79. The van der Waals surface area contributed by atoms with E-state index in [0.717, 1.165) is 0 Å². The number of carbonyl (C=O) groups is 1. The maximum Gasteiger partial charge on any atom is 0.227 e. The van der Waals surface area contributed by atoms with Crippen LogP contribution in [0.15, 0.2) is 12.1 Å². The molecule has 0 heterocycles. The maximum atomic E-state index is 11.7. The molecule has 0 saturated heterocycles. The monoisotopic (exact) mass is 276 g/mol. The summed E-state index contributed by atoms with van der Waals surface area (Å²) in [5.74, 6) is -0.541. The normalized spacial score (nSPS) is 12.2. The zero-order valence-corrected chi connectivity index (χ0v) is 10.8. The summed E-state index contributed by atoms with van der Waals surface area (Å²) in [6.45, 7) is 2.23. The first-order valence-corrected chi connectivity index (χ1v) is 5.90. The number of hydrogen-bond donors (Lipinski definition) is 3. The van der Waals surface area contributed by atoms with Crippen LogP contribution in [-0.2, 0) is 4.79 Å². The molecular formula is C11H14Cl2N2O2. The molecule has 0 aliphatic heterocycles. The molecule has 6 heteroatoms. The molecule has 94 valence electrons. The van der Waals surface area contributed by atoms with Crippen molar-refractivity contribution < 1.29 is 9.90 Å². The summed E-state index contributed by atoms with van der Waals surface area (Å²) in [5, 5.41) is 12.2. The Kier molecular flexibility index (Phi) is 5.05. The van der Waals surface area contributed by atoms with Gasteiger partial charge in [-0.05, 0) is 25.1 Å². The smallest absolute Gasteiger partial charge is 0.227 e. The highest BCUT2D eigenvalue weighted by Gasteiger charge is 2.14. The van der Waals surface area contributed by atoms with Gasteiger partial charge in [-0.1, -0.05) is 30.1 Å². The third-order valence-corrected chi connectivity index (χ3v) is 2.91. The summed E-state index contributed by atoms with van der Waals surface area (Å²) < 4.78 is 0. The van der Waals surface area contributed by atoms with Gasteiger partial charge in [-0.3, -0.25) is 4.79 Å². The van der Waals surface area contributed by atoms with Crippen LogP contribution in [0.25, 0.3) is 0 Å². The summed E-state index contributed by atoms with van der Waals surface area (Å²) in [6.07, 6.45) is 0.603. The van der Waals surface area contributed by atoms with E-state index in [-0.39, 0.29) is 27.6 Å². The van der Waals surface area contributed by atoms with E-state index in [1.54, 1.807) is 6.92 Å². The predicted octanol–water partition coefficient (Wildman–Crippen LogP) is 2.62. The van der Waals surface area contributed by atoms with E-state index in [4.69, 9.17) is 28.9 Å². The topological polar surface area (TPSA) is 75.4 Å². The molecule has 0 bridgehead atoms. The van der Waals surface area contributed by atoms with E-state index < -0.39 is 0 Å². The van der Waals surface area contributed by atoms with Crippen molar-refractivity contribution in [2.75, 3.05) is 11.9 Å². The van der Waals surface area contributed by atoms with Crippen molar-refractivity contribution >= 4 is 34.8 Å². The molecule has 4 N–H and O–H groups in total. The van der Waals surface area contributed by atoms with Crippen molar-refractivity contribution in [2.45, 2.75) is 13.3 Å². The first kappa shape index (κ1) is 14.1. The van der Waals surface area contributed by atoms with Gasteiger partial charge in [-0.2, -0.15) is 0 Å². The van der Waals surface area contributed by atoms with Crippen molar-refractivity contribution in [3.05, 3.63) is 22.2 Å². The molecule has 0 fully saturated rings. The van der Waals surface area contributed by atoms with Crippen molar-refractivity contribution in [3.8, 4) is 5.75 Å². The number of amides is 1. The second-order valence-electron chi connectivity index (χ2n) is 3.76. The zero-order valence-electron chi connectivity index (χ0n) is 9.34. The first-order chi connectivity index (χ1) is 7.95. The van der Waals surface area contributed by atoms with Crippen LogP contribution >= 0.6 is 23.2 Å². The van der Waals surface area contributed by atoms with Crippen molar-refractivity contribution in [2.24, 2.45) is 11.7 Å². The number of nitrogens with one attached hydrogen (secondary N) is 1. The highest BCUT2D eigenvalue weighted by Crippen LogP contribution is 2.34. The summed E-state index contributed by atoms with van der Waals surface area (Å²) in [5.41, 5.74) is 5.82. The van der Waals surface area contributed by atoms with E-state index in [2.05, 4.69) is 5.32 Å². The molecule has 1 aromatic rings. The van der Waals surface area contributed by atoms with E-state index in [9.17, 15) is 9.90 Å². The Morgan fingerprint density at radius 2 is 2.00 bits per heavy atom. The molecule has 0 radical (unpaired) electrons. The van der Waals surface area contributed by atoms with Crippen molar-refractivity contribution in [1.29, 1.82) is 0 Å². The van der Waals surface area contributed by atoms with Gasteiger partial charge in [0.05, 0.1) is 10.0 Å². The molecule has 1 rings (SSSR count). The molecule has 17 heavy (non-hydrogen) atoms. The third kappa shape index (κ3) is 3.77. The number of anilines is 1. The summed E-state index contributed by atoms with van der Waals surface area (Å²) in [6, 6.07) is 2.88. The minimum absolute atomic E-state index is 0.0966. The Bertz CT molecular complexity index is 401. The average Bonchev–Trinajstić information content (AvgIpc) is 2.26. The number of hydrogen-bond acceptors (Lipinski definition) is 3. The van der Waals surface area contributed by atoms with Crippen LogP contribution in [0.4, 0.5) is 5.69 Å². The highest BCUT2D eigenvalue weighted by molar-refractivity contribution is 6.37. The SMILES string of the molecule is CC(CCN)C(=O)Nc1cc(Cl)c(O)c(Cl)c1. The van der Waals surface area contributed by atoms with Crippen LogP contribution in [0.3, 0.4) is 0 Å². The Morgan fingerprint density at radius 3 is 2.47 bits per heavy atom. The molecule has 1 amide bonds. The Hall–Kier alpha value is -0.970. The Labute approximate surface area is 110 Å². The molecule has 0 saturated carbocycles. The molecule has 0 aliphatic carbocycles. The fraction of sp³-hybridized carbons (Fsp3) is 0.364. The lowest BCUT2D eigenvalue weighted by Crippen LogP contribution is -2.22. The van der Waals surface area contributed by atoms with Crippen LogP contribution in [0.1, 0.15) is 13.3 Å². The lowest BCUT2D eigenvalue weighted by Gasteiger charge is -2.12. The van der Waals surface area contributed by atoms with Gasteiger partial charge in [0.25, 0.3) is 0 Å². The quantitative estimate of drug-likeness (QED) is 0.740. The van der Waals surface area contributed by atoms with Gasteiger partial charge in [0.15, 0.2) is 5.75 Å². The van der Waals surface area contributed by atoms with E-state index >= 15 is 0 Å². The molecule has 0 spiro atoms. The molecule has 0 aliphatic rings. The fourth-order valence-corrected chi connectivity index (χ4v) is 1.77. The number of halogens is 2. The number of rotatable bonds is 4. The summed E-state index contributed by atoms with van der Waals surface area (Å²) >= 11 is 11.5. The van der Waals surface area contributed by atoms with Gasteiger partial charge < -0.3 is 16.2 Å². The molecule has 1 atom stereocenters. The molecule has 1 aromatic carbocycles. The van der Waals surface area contributed by atoms with Crippen LogP contribution in [0.2, 0.25) is 10.0 Å². The van der Waals surface area contributed by atoms with Crippen LogP contribution in [-0.4, -0.2) is 17.6 Å². The number of nitrogens with two attached hydrogens (primary N) is 1. The van der Waals surface area contributed by atoms with E-state index in [1.165, 1.54) is 12.1 Å². The molecular weight excluding hydrogens is 263 g/mol. The molecule has 0 aromatic heterocycles. The number of aromatic hydroxyl groups is 1. The third-order valence-electron chi connectivity index (χ3n) is 2.33. The number of phenolic OH excluding ortho intramolecular Hbond substituents is 1. The Morgan fingerprint density at radius 1 is 1.47 bits per heavy atom. The van der Waals surface area contributed by atoms with Crippen LogP contribution < -0.4 is 11.1 Å². The minimum atomic E-state index is -0.193.